The van der Waals surface area contributed by atoms with Gasteiger partial charge < -0.3 is 10.8 Å². The number of aromatic carboxylic acids is 1. The van der Waals surface area contributed by atoms with E-state index in [1.165, 1.54) is 0 Å². The van der Waals surface area contributed by atoms with Crippen molar-refractivity contribution in [1.29, 1.82) is 0 Å². The molecule has 3 N–H and O–H groups in total. The summed E-state index contributed by atoms with van der Waals surface area (Å²) in [6.07, 6.45) is 1.10. The molecule has 0 saturated carbocycles. The summed E-state index contributed by atoms with van der Waals surface area (Å²) in [5, 5.41) is 18.9. The molecule has 13 heavy (non-hydrogen) atoms. The number of nitrogens with two attached hydrogens (primary N) is 1. The third-order valence-corrected chi connectivity index (χ3v) is 1.37. The Balaban J connectivity index is 3.43. The third-order valence-electron chi connectivity index (χ3n) is 1.37. The second-order valence-electron chi connectivity index (χ2n) is 2.15. The van der Waals surface area contributed by atoms with Crippen LogP contribution in [0.1, 0.15) is 10.4 Å². The van der Waals surface area contributed by atoms with Gasteiger partial charge in [0.15, 0.2) is 0 Å². The molecule has 7 nitrogen and oxygen atoms in total. The van der Waals surface area contributed by atoms with Gasteiger partial charge in [0.05, 0.1) is 4.92 Å². The average Bonchev–Trinajstić information content (AvgIpc) is 2.02. The molecule has 0 atom stereocenters. The molecule has 0 amide bonds. The second-order valence-corrected chi connectivity index (χ2v) is 2.15. The number of nitro groups is 1. The van der Waals surface area contributed by atoms with Crippen LogP contribution in [0.2, 0.25) is 0 Å². The topological polar surface area (TPSA) is 119 Å². The van der Waals surface area contributed by atoms with Crippen LogP contribution in [0, 0.1) is 10.1 Å². The molecule has 7 heteroatoms. The van der Waals surface area contributed by atoms with Gasteiger partial charge in [0, 0.05) is 6.20 Å². The SMILES string of the molecule is Nc1nccc(C(=O)O)c1[N+](=O)[O-]. The first-order chi connectivity index (χ1) is 6.04. The van der Waals surface area contributed by atoms with E-state index in [0.29, 0.717) is 0 Å². The zero-order chi connectivity index (χ0) is 10.0. The van der Waals surface area contributed by atoms with Gasteiger partial charge in [-0.3, -0.25) is 10.1 Å². The molecule has 1 aromatic rings. The van der Waals surface area contributed by atoms with E-state index in [-0.39, 0.29) is 0 Å². The van der Waals surface area contributed by atoms with Crippen molar-refractivity contribution in [2.75, 3.05) is 5.73 Å². The van der Waals surface area contributed by atoms with Crippen molar-refractivity contribution in [3.63, 3.8) is 0 Å². The summed E-state index contributed by atoms with van der Waals surface area (Å²) in [5.41, 5.74) is 4.01. The summed E-state index contributed by atoms with van der Waals surface area (Å²) < 4.78 is 0. The van der Waals surface area contributed by atoms with Crippen molar-refractivity contribution in [2.45, 2.75) is 0 Å². The number of pyridine rings is 1. The number of carboxylic acids is 1. The van der Waals surface area contributed by atoms with Crippen LogP contribution in [0.4, 0.5) is 11.5 Å². The molecule has 1 aromatic heterocycles. The number of anilines is 1. The first-order valence-corrected chi connectivity index (χ1v) is 3.16. The first kappa shape index (κ1) is 8.91. The van der Waals surface area contributed by atoms with Gasteiger partial charge in [-0.25, -0.2) is 9.78 Å². The molecule has 0 bridgehead atoms. The maximum Gasteiger partial charge on any atom is 0.342 e. The molecule has 68 valence electrons. The normalized spacial score (nSPS) is 9.54. The lowest BCUT2D eigenvalue weighted by molar-refractivity contribution is -0.384. The minimum atomic E-state index is -1.40. The third kappa shape index (κ3) is 1.53. The van der Waals surface area contributed by atoms with Gasteiger partial charge in [0.2, 0.25) is 5.82 Å². The second kappa shape index (κ2) is 3.05. The van der Waals surface area contributed by atoms with E-state index < -0.39 is 28.0 Å². The molecular formula is C6H5N3O4. The number of rotatable bonds is 2. The number of nitrogen functional groups attached to an aromatic ring is 1. The Kier molecular flexibility index (Phi) is 2.09. The van der Waals surface area contributed by atoms with Gasteiger partial charge >= 0.3 is 11.7 Å². The minimum Gasteiger partial charge on any atom is -0.477 e. The molecule has 0 aromatic carbocycles. The van der Waals surface area contributed by atoms with E-state index in [0.717, 1.165) is 12.3 Å². The Morgan fingerprint density at radius 2 is 2.31 bits per heavy atom. The summed E-state index contributed by atoms with van der Waals surface area (Å²) in [5.74, 6) is -1.80. The number of aromatic nitrogens is 1. The smallest absolute Gasteiger partial charge is 0.342 e. The van der Waals surface area contributed by atoms with Crippen molar-refractivity contribution >= 4 is 17.5 Å². The van der Waals surface area contributed by atoms with Crippen LogP contribution in [0.25, 0.3) is 0 Å². The summed E-state index contributed by atoms with van der Waals surface area (Å²) in [6, 6.07) is 1.02. The van der Waals surface area contributed by atoms with Crippen LogP contribution in [0.5, 0.6) is 0 Å². The average molecular weight is 183 g/mol. The maximum atomic E-state index is 10.5. The fourth-order valence-electron chi connectivity index (χ4n) is 0.835. The van der Waals surface area contributed by atoms with E-state index in [1.807, 2.05) is 0 Å². The lowest BCUT2D eigenvalue weighted by atomic mass is 10.2. The number of carboxylic acid groups (broad SMARTS) is 1. The predicted octanol–water partition coefficient (Wildman–Crippen LogP) is 0.270. The highest BCUT2D eigenvalue weighted by atomic mass is 16.6. The molecular weight excluding hydrogens is 178 g/mol. The van der Waals surface area contributed by atoms with Crippen LogP contribution in [0.3, 0.4) is 0 Å². The monoisotopic (exact) mass is 183 g/mol. The van der Waals surface area contributed by atoms with Crippen molar-refractivity contribution in [2.24, 2.45) is 0 Å². The fraction of sp³-hybridized carbons (Fsp3) is 0. The predicted molar refractivity (Wildman–Crippen MR) is 42.3 cm³/mol. The van der Waals surface area contributed by atoms with E-state index in [2.05, 4.69) is 4.98 Å². The summed E-state index contributed by atoms with van der Waals surface area (Å²) in [7, 11) is 0. The Morgan fingerprint density at radius 3 is 2.69 bits per heavy atom. The Hall–Kier alpha value is -2.18. The minimum absolute atomic E-state index is 0.398. The van der Waals surface area contributed by atoms with Gasteiger partial charge in [-0.15, -0.1) is 0 Å². The molecule has 0 unspecified atom stereocenters. The van der Waals surface area contributed by atoms with Crippen LogP contribution >= 0.6 is 0 Å². The molecule has 0 fully saturated rings. The molecule has 0 saturated heterocycles. The molecule has 1 heterocycles. The van der Waals surface area contributed by atoms with Crippen molar-refractivity contribution in [3.8, 4) is 0 Å². The zero-order valence-electron chi connectivity index (χ0n) is 6.30. The fourth-order valence-corrected chi connectivity index (χ4v) is 0.835. The summed E-state index contributed by atoms with van der Waals surface area (Å²) in [4.78, 5) is 23.4. The van der Waals surface area contributed by atoms with Crippen LogP contribution < -0.4 is 5.73 Å². The van der Waals surface area contributed by atoms with Crippen molar-refractivity contribution in [3.05, 3.63) is 27.9 Å². The van der Waals surface area contributed by atoms with E-state index in [4.69, 9.17) is 10.8 Å². The highest BCUT2D eigenvalue weighted by Crippen LogP contribution is 2.23. The van der Waals surface area contributed by atoms with Crippen LogP contribution in [0.15, 0.2) is 12.3 Å². The largest absolute Gasteiger partial charge is 0.477 e. The lowest BCUT2D eigenvalue weighted by Crippen LogP contribution is -2.06. The molecule has 0 aliphatic rings. The van der Waals surface area contributed by atoms with Crippen molar-refractivity contribution in [1.82, 2.24) is 4.98 Å². The quantitative estimate of drug-likeness (QED) is 0.501. The molecule has 0 spiro atoms. The molecule has 1 rings (SSSR count). The van der Waals surface area contributed by atoms with Crippen LogP contribution in [-0.4, -0.2) is 21.0 Å². The van der Waals surface area contributed by atoms with Gasteiger partial charge in [0.1, 0.15) is 5.56 Å². The van der Waals surface area contributed by atoms with E-state index >= 15 is 0 Å². The maximum absolute atomic E-state index is 10.5. The highest BCUT2D eigenvalue weighted by molar-refractivity contribution is 5.94. The first-order valence-electron chi connectivity index (χ1n) is 3.16. The van der Waals surface area contributed by atoms with Gasteiger partial charge in [-0.1, -0.05) is 0 Å². The standard InChI is InChI=1S/C6H5N3O4/c7-5-4(9(12)13)3(6(10)11)1-2-8-5/h1-2H,(H2,7,8)(H,10,11). The number of carbonyl (C=O) groups is 1. The van der Waals surface area contributed by atoms with E-state index in [1.54, 1.807) is 0 Å². The number of nitrogens with zero attached hydrogens (tertiary/aromatic N) is 2. The number of hydrogen-bond donors (Lipinski definition) is 2. The van der Waals surface area contributed by atoms with Gasteiger partial charge in [-0.05, 0) is 6.07 Å². The molecule has 0 radical (unpaired) electrons. The Bertz CT molecular complexity index is 376. The Morgan fingerprint density at radius 1 is 1.69 bits per heavy atom. The molecule has 0 aliphatic heterocycles. The van der Waals surface area contributed by atoms with Crippen molar-refractivity contribution < 1.29 is 14.8 Å². The zero-order valence-corrected chi connectivity index (χ0v) is 6.30. The Labute approximate surface area is 72.0 Å². The summed E-state index contributed by atoms with van der Waals surface area (Å²) >= 11 is 0. The van der Waals surface area contributed by atoms with Gasteiger partial charge in [-0.2, -0.15) is 0 Å². The molecule has 0 aliphatic carbocycles. The van der Waals surface area contributed by atoms with Gasteiger partial charge in [0.25, 0.3) is 0 Å². The lowest BCUT2D eigenvalue weighted by Gasteiger charge is -1.98. The van der Waals surface area contributed by atoms with E-state index in [9.17, 15) is 14.9 Å². The summed E-state index contributed by atoms with van der Waals surface area (Å²) in [6.45, 7) is 0. The highest BCUT2D eigenvalue weighted by Gasteiger charge is 2.23. The van der Waals surface area contributed by atoms with Crippen LogP contribution in [-0.2, 0) is 0 Å². The number of hydrogen-bond acceptors (Lipinski definition) is 5.